The number of hydrogen-bond donors (Lipinski definition) is 6. The molecule has 0 aromatic rings. The summed E-state index contributed by atoms with van der Waals surface area (Å²) in [7, 11) is 7.69. The summed E-state index contributed by atoms with van der Waals surface area (Å²) in [6.07, 6.45) is 0. The minimum Gasteiger partial charge on any atom is -0.329 e. The smallest absolute Gasteiger partial charge is 0.329 e. The molecule has 0 aliphatic rings. The van der Waals surface area contributed by atoms with E-state index >= 15 is 0 Å². The molecule has 0 spiro atoms. The Morgan fingerprint density at radius 3 is 0.882 bits per heavy atom. The predicted octanol–water partition coefficient (Wildman–Crippen LogP) is 0.284. The maximum Gasteiger partial charge on any atom is 3.00 e. The van der Waals surface area contributed by atoms with E-state index in [2.05, 4.69) is 50.5 Å². The van der Waals surface area contributed by atoms with Crippen LogP contribution in [0.25, 0.3) is 0 Å². The molecule has 0 bridgehead atoms. The summed E-state index contributed by atoms with van der Waals surface area (Å²) < 4.78 is 0.148. The van der Waals surface area contributed by atoms with Crippen LogP contribution in [-0.4, -0.2) is 60.5 Å². The first-order valence-corrected chi connectivity index (χ1v) is 6.72. The Kier molecular flexibility index (Phi) is 32.1. The van der Waals surface area contributed by atoms with Crippen LogP contribution in [0.5, 0.6) is 0 Å². The van der Waals surface area contributed by atoms with Crippen molar-refractivity contribution >= 4 is 50.5 Å². The average Bonchev–Trinajstić information content (AvgIpc) is 2.18. The first-order chi connectivity index (χ1) is 7.20. The van der Waals surface area contributed by atoms with E-state index in [4.69, 9.17) is 11.5 Å². The first kappa shape index (κ1) is 27.1. The summed E-state index contributed by atoms with van der Waals surface area (Å²) in [4.78, 5) is 3.79. The van der Waals surface area contributed by atoms with Gasteiger partial charge in [0.2, 0.25) is 0 Å². The van der Waals surface area contributed by atoms with Gasteiger partial charge >= 0.3 is 16.8 Å². The second-order valence-corrected chi connectivity index (χ2v) is 5.97. The molecule has 0 unspecified atom stereocenters. The van der Waals surface area contributed by atoms with Crippen molar-refractivity contribution in [1.82, 2.24) is 9.80 Å². The van der Waals surface area contributed by atoms with Gasteiger partial charge in [-0.05, 0) is 28.2 Å². The third kappa shape index (κ3) is 38.1. The summed E-state index contributed by atoms with van der Waals surface area (Å²) in [5, 5.41) is 0. The molecule has 0 fully saturated rings. The van der Waals surface area contributed by atoms with Crippen LogP contribution in [0.2, 0.25) is 0 Å². The van der Waals surface area contributed by atoms with Gasteiger partial charge in [-0.15, -0.1) is 50.5 Å². The Balaban J connectivity index is -0.0000000741. The monoisotopic (exact) mass is 365 g/mol. The van der Waals surface area contributed by atoms with Crippen LogP contribution in [0.4, 0.5) is 0 Å². The van der Waals surface area contributed by atoms with Crippen molar-refractivity contribution in [3.8, 4) is 0 Å². The van der Waals surface area contributed by atoms with E-state index < -0.39 is 0 Å². The van der Waals surface area contributed by atoms with Gasteiger partial charge < -0.3 is 11.5 Å². The van der Waals surface area contributed by atoms with Crippen molar-refractivity contribution in [1.29, 1.82) is 0 Å². The predicted molar refractivity (Wildman–Crippen MR) is 89.0 cm³/mol. The Bertz CT molecular complexity index is 102. The fourth-order valence-electron chi connectivity index (χ4n) is 0. The molecule has 0 heterocycles. The largest absolute Gasteiger partial charge is 3.00 e. The molecule has 0 aliphatic carbocycles. The van der Waals surface area contributed by atoms with E-state index in [1.165, 1.54) is 0 Å². The van der Waals surface area contributed by atoms with Gasteiger partial charge in [-0.3, -0.25) is 9.80 Å². The Labute approximate surface area is 138 Å². The third-order valence-corrected chi connectivity index (χ3v) is 2.94. The summed E-state index contributed by atoms with van der Waals surface area (Å²) in [5.41, 5.74) is 9.81. The molecule has 0 rings (SSSR count). The van der Waals surface area contributed by atoms with Gasteiger partial charge in [0.15, 0.2) is 0 Å². The molecule has 0 amide bonds. The Hall–Kier alpha value is 1.75. The standard InChI is InChI=1S/2C3H9NS2.C2H8N2.Co/c2*1-4(2)3(5)6;3-1-2-4;/h2*3,5-6H,1-2H3;1-4H2;/q;;;+3. The molecule has 4 N–H and O–H groups in total. The van der Waals surface area contributed by atoms with Gasteiger partial charge in [-0.25, -0.2) is 0 Å². The zero-order valence-corrected chi connectivity index (χ0v) is 15.4. The van der Waals surface area contributed by atoms with Gasteiger partial charge in [-0.2, -0.15) is 0 Å². The maximum atomic E-state index is 4.90. The van der Waals surface area contributed by atoms with Crippen LogP contribution >= 0.6 is 50.5 Å². The molecule has 0 atom stereocenters. The summed E-state index contributed by atoms with van der Waals surface area (Å²) in [5.74, 6) is 0. The third-order valence-electron chi connectivity index (χ3n) is 1.09. The zero-order chi connectivity index (χ0) is 13.7. The fourth-order valence-corrected chi connectivity index (χ4v) is 0. The van der Waals surface area contributed by atoms with Gasteiger partial charge in [0.25, 0.3) is 0 Å². The number of thiol groups is 4. The number of nitrogens with two attached hydrogens (primary N) is 2. The van der Waals surface area contributed by atoms with Crippen LogP contribution in [-0.2, 0) is 16.8 Å². The summed E-state index contributed by atoms with van der Waals surface area (Å²) in [6.45, 7) is 1.19. The SMILES string of the molecule is CN(C)C(S)S.CN(C)C(S)S.NCCN.[Co+3]. The number of rotatable bonds is 3. The number of hydrogen-bond acceptors (Lipinski definition) is 8. The molecule has 9 heteroatoms. The van der Waals surface area contributed by atoms with Crippen molar-refractivity contribution in [2.75, 3.05) is 41.3 Å². The van der Waals surface area contributed by atoms with E-state index in [1.807, 2.05) is 38.0 Å². The fraction of sp³-hybridized carbons (Fsp3) is 1.00. The van der Waals surface area contributed by atoms with Crippen molar-refractivity contribution in [3.05, 3.63) is 0 Å². The van der Waals surface area contributed by atoms with Crippen molar-refractivity contribution < 1.29 is 16.8 Å². The molecule has 0 aliphatic heterocycles. The molecule has 0 radical (unpaired) electrons. The molecule has 108 valence electrons. The molecule has 0 saturated heterocycles. The molecule has 0 aromatic heterocycles. The molecule has 4 nitrogen and oxygen atoms in total. The zero-order valence-electron chi connectivity index (χ0n) is 10.7. The van der Waals surface area contributed by atoms with Gasteiger partial charge in [0.05, 0.1) is 9.41 Å². The quantitative estimate of drug-likeness (QED) is 0.321. The van der Waals surface area contributed by atoms with Crippen LogP contribution in [0.15, 0.2) is 0 Å². The van der Waals surface area contributed by atoms with Crippen molar-refractivity contribution in [2.45, 2.75) is 9.41 Å². The van der Waals surface area contributed by atoms with E-state index in [1.54, 1.807) is 0 Å². The topological polar surface area (TPSA) is 58.5 Å². The Morgan fingerprint density at radius 2 is 0.882 bits per heavy atom. The molecule has 0 saturated carbocycles. The van der Waals surface area contributed by atoms with Crippen LogP contribution < -0.4 is 11.5 Å². The van der Waals surface area contributed by atoms with Crippen molar-refractivity contribution in [2.24, 2.45) is 11.5 Å². The van der Waals surface area contributed by atoms with E-state index in [0.29, 0.717) is 13.1 Å². The molecule has 0 aromatic carbocycles. The summed E-state index contributed by atoms with van der Waals surface area (Å²) in [6, 6.07) is 0. The summed E-state index contributed by atoms with van der Waals surface area (Å²) >= 11 is 15.9. The number of nitrogens with zero attached hydrogens (tertiary/aromatic N) is 2. The maximum absolute atomic E-state index is 4.90. The Morgan fingerprint density at radius 1 is 0.765 bits per heavy atom. The van der Waals surface area contributed by atoms with E-state index in [0.717, 1.165) is 0 Å². The van der Waals surface area contributed by atoms with Gasteiger partial charge in [0.1, 0.15) is 0 Å². The van der Waals surface area contributed by atoms with Gasteiger partial charge in [-0.1, -0.05) is 0 Å². The van der Waals surface area contributed by atoms with Crippen LogP contribution in [0.1, 0.15) is 0 Å². The van der Waals surface area contributed by atoms with Crippen LogP contribution in [0, 0.1) is 0 Å². The van der Waals surface area contributed by atoms with E-state index in [9.17, 15) is 0 Å². The molecular formula is C8H26CoN4S4+3. The minimum atomic E-state index is 0. The first-order valence-electron chi connectivity index (χ1n) is 4.65. The minimum absolute atomic E-state index is 0. The van der Waals surface area contributed by atoms with Gasteiger partial charge in [0, 0.05) is 13.1 Å². The average molecular weight is 366 g/mol. The second-order valence-electron chi connectivity index (χ2n) is 3.20. The second kappa shape index (κ2) is 20.1. The molecule has 17 heavy (non-hydrogen) atoms. The van der Waals surface area contributed by atoms with Crippen LogP contribution in [0.3, 0.4) is 0 Å². The van der Waals surface area contributed by atoms with E-state index in [-0.39, 0.29) is 26.2 Å². The normalized spacial score (nSPS) is 9.53. The van der Waals surface area contributed by atoms with Crippen molar-refractivity contribution in [3.63, 3.8) is 0 Å². The molecular weight excluding hydrogens is 339 g/mol.